The van der Waals surface area contributed by atoms with Gasteiger partial charge in [0.2, 0.25) is 11.8 Å². The van der Waals surface area contributed by atoms with E-state index in [-0.39, 0.29) is 11.8 Å². The van der Waals surface area contributed by atoms with Gasteiger partial charge in [0.1, 0.15) is 0 Å². The molecule has 20 heavy (non-hydrogen) atoms. The molecule has 0 unspecified atom stereocenters. The average Bonchev–Trinajstić information content (AvgIpc) is 2.33. The van der Waals surface area contributed by atoms with E-state index in [9.17, 15) is 9.59 Å². The largest absolute Gasteiger partial charge is 0.354 e. The molecule has 1 aromatic carbocycles. The molecule has 0 radical (unpaired) electrons. The predicted molar refractivity (Wildman–Crippen MR) is 84.6 cm³/mol. The van der Waals surface area contributed by atoms with E-state index in [1.165, 1.54) is 6.92 Å². The van der Waals surface area contributed by atoms with Gasteiger partial charge in [0.05, 0.1) is 0 Å². The van der Waals surface area contributed by atoms with Crippen molar-refractivity contribution in [3.63, 3.8) is 0 Å². The van der Waals surface area contributed by atoms with Crippen molar-refractivity contribution in [3.05, 3.63) is 28.7 Å². The number of anilines is 1. The lowest BCUT2D eigenvalue weighted by atomic mass is 10.1. The molecule has 0 aliphatic rings. The summed E-state index contributed by atoms with van der Waals surface area (Å²) in [7, 11) is 0. The van der Waals surface area contributed by atoms with Gasteiger partial charge in [-0.15, -0.1) is 0 Å². The summed E-state index contributed by atoms with van der Waals surface area (Å²) in [5.41, 5.74) is 0.824. The van der Waals surface area contributed by atoms with E-state index in [2.05, 4.69) is 21.2 Å². The van der Waals surface area contributed by atoms with E-state index in [1.54, 1.807) is 4.90 Å². The number of benzene rings is 1. The van der Waals surface area contributed by atoms with Crippen LogP contribution in [0.1, 0.15) is 27.2 Å². The van der Waals surface area contributed by atoms with Gasteiger partial charge in [0, 0.05) is 36.6 Å². The molecule has 0 saturated heterocycles. The smallest absolute Gasteiger partial charge is 0.223 e. The number of rotatable bonds is 6. The summed E-state index contributed by atoms with van der Waals surface area (Å²) < 4.78 is 0.921. The highest BCUT2D eigenvalue weighted by Gasteiger charge is 2.12. The molecular weight excluding hydrogens is 320 g/mol. The van der Waals surface area contributed by atoms with Gasteiger partial charge >= 0.3 is 0 Å². The molecule has 5 heteroatoms. The SMILES string of the molecule is CC(=O)N(CCNC(=O)CC(C)C)c1cccc(Br)c1. The first kappa shape index (κ1) is 16.7. The van der Waals surface area contributed by atoms with E-state index >= 15 is 0 Å². The fourth-order valence-electron chi connectivity index (χ4n) is 1.86. The molecule has 110 valence electrons. The van der Waals surface area contributed by atoms with Gasteiger partial charge in [0.25, 0.3) is 0 Å². The second-order valence-electron chi connectivity index (χ2n) is 5.10. The predicted octanol–water partition coefficient (Wildman–Crippen LogP) is 2.96. The molecule has 0 fully saturated rings. The minimum Gasteiger partial charge on any atom is -0.354 e. The Hall–Kier alpha value is -1.36. The van der Waals surface area contributed by atoms with Crippen LogP contribution in [-0.4, -0.2) is 24.9 Å². The first-order chi connectivity index (χ1) is 9.40. The average molecular weight is 341 g/mol. The van der Waals surface area contributed by atoms with Crippen LogP contribution in [0.3, 0.4) is 0 Å². The van der Waals surface area contributed by atoms with Crippen LogP contribution >= 0.6 is 15.9 Å². The second-order valence-corrected chi connectivity index (χ2v) is 6.01. The number of nitrogens with one attached hydrogen (secondary N) is 1. The van der Waals surface area contributed by atoms with Crippen molar-refractivity contribution in [3.8, 4) is 0 Å². The normalized spacial score (nSPS) is 10.4. The first-order valence-corrected chi connectivity index (χ1v) is 7.50. The summed E-state index contributed by atoms with van der Waals surface area (Å²) in [4.78, 5) is 24.9. The maximum Gasteiger partial charge on any atom is 0.223 e. The van der Waals surface area contributed by atoms with Crippen LogP contribution in [0.5, 0.6) is 0 Å². The lowest BCUT2D eigenvalue weighted by Crippen LogP contribution is -2.37. The maximum absolute atomic E-state index is 11.7. The van der Waals surface area contributed by atoms with E-state index in [0.717, 1.165) is 10.2 Å². The Morgan fingerprint density at radius 2 is 2.05 bits per heavy atom. The number of carbonyl (C=O) groups is 2. The lowest BCUT2D eigenvalue weighted by molar-refractivity contribution is -0.122. The monoisotopic (exact) mass is 340 g/mol. The molecule has 1 aromatic rings. The number of hydrogen-bond acceptors (Lipinski definition) is 2. The van der Waals surface area contributed by atoms with Crippen LogP contribution < -0.4 is 10.2 Å². The van der Waals surface area contributed by atoms with Crippen molar-refractivity contribution in [2.45, 2.75) is 27.2 Å². The third-order valence-electron chi connectivity index (χ3n) is 2.75. The molecule has 0 bridgehead atoms. The molecule has 0 heterocycles. The molecule has 1 N–H and O–H groups in total. The quantitative estimate of drug-likeness (QED) is 0.865. The van der Waals surface area contributed by atoms with Crippen LogP contribution in [0.2, 0.25) is 0 Å². The maximum atomic E-state index is 11.7. The first-order valence-electron chi connectivity index (χ1n) is 6.70. The summed E-state index contributed by atoms with van der Waals surface area (Å²) in [6.07, 6.45) is 0.511. The van der Waals surface area contributed by atoms with Crippen molar-refractivity contribution in [2.75, 3.05) is 18.0 Å². The highest BCUT2D eigenvalue weighted by Crippen LogP contribution is 2.19. The highest BCUT2D eigenvalue weighted by atomic mass is 79.9. The minimum atomic E-state index is -0.0405. The van der Waals surface area contributed by atoms with Crippen LogP contribution in [-0.2, 0) is 9.59 Å². The zero-order valence-corrected chi connectivity index (χ0v) is 13.7. The third kappa shape index (κ3) is 5.74. The van der Waals surface area contributed by atoms with Gasteiger partial charge in [0.15, 0.2) is 0 Å². The van der Waals surface area contributed by atoms with Crippen molar-refractivity contribution in [2.24, 2.45) is 5.92 Å². The Kier molecular flexibility index (Phi) is 6.71. The van der Waals surface area contributed by atoms with Gasteiger partial charge in [-0.05, 0) is 24.1 Å². The second kappa shape index (κ2) is 8.04. The summed E-state index contributed by atoms with van der Waals surface area (Å²) >= 11 is 3.39. The van der Waals surface area contributed by atoms with Gasteiger partial charge in [-0.3, -0.25) is 9.59 Å². The number of halogens is 1. The Morgan fingerprint density at radius 3 is 2.60 bits per heavy atom. The zero-order chi connectivity index (χ0) is 15.1. The van der Waals surface area contributed by atoms with E-state index in [0.29, 0.717) is 25.4 Å². The van der Waals surface area contributed by atoms with Crippen molar-refractivity contribution >= 4 is 33.4 Å². The molecule has 4 nitrogen and oxygen atoms in total. The van der Waals surface area contributed by atoms with E-state index < -0.39 is 0 Å². The summed E-state index contributed by atoms with van der Waals surface area (Å²) in [5, 5.41) is 2.84. The van der Waals surface area contributed by atoms with Crippen molar-refractivity contribution < 1.29 is 9.59 Å². The number of carbonyl (C=O) groups excluding carboxylic acids is 2. The fraction of sp³-hybridized carbons (Fsp3) is 0.467. The Morgan fingerprint density at radius 1 is 1.35 bits per heavy atom. The van der Waals surface area contributed by atoms with Crippen LogP contribution in [0.15, 0.2) is 28.7 Å². The molecule has 0 aliphatic heterocycles. The minimum absolute atomic E-state index is 0.0257. The van der Waals surface area contributed by atoms with Gasteiger partial charge in [-0.2, -0.15) is 0 Å². The van der Waals surface area contributed by atoms with Crippen LogP contribution in [0.4, 0.5) is 5.69 Å². The van der Waals surface area contributed by atoms with Crippen molar-refractivity contribution in [1.82, 2.24) is 5.32 Å². The Bertz CT molecular complexity index is 475. The lowest BCUT2D eigenvalue weighted by Gasteiger charge is -2.21. The molecule has 2 amide bonds. The van der Waals surface area contributed by atoms with Gasteiger partial charge in [-0.25, -0.2) is 0 Å². The van der Waals surface area contributed by atoms with E-state index in [1.807, 2.05) is 38.1 Å². The van der Waals surface area contributed by atoms with Crippen molar-refractivity contribution in [1.29, 1.82) is 0 Å². The fourth-order valence-corrected chi connectivity index (χ4v) is 2.25. The standard InChI is InChI=1S/C15H21BrN2O2/c1-11(2)9-15(20)17-7-8-18(12(3)19)14-6-4-5-13(16)10-14/h4-6,10-11H,7-9H2,1-3H3,(H,17,20). The summed E-state index contributed by atoms with van der Waals surface area (Å²) in [6.45, 7) is 6.45. The summed E-state index contributed by atoms with van der Waals surface area (Å²) in [5.74, 6) is 0.322. The van der Waals surface area contributed by atoms with Crippen LogP contribution in [0.25, 0.3) is 0 Å². The number of nitrogens with zero attached hydrogens (tertiary/aromatic N) is 1. The molecule has 0 aliphatic carbocycles. The zero-order valence-electron chi connectivity index (χ0n) is 12.1. The molecule has 0 spiro atoms. The number of amides is 2. The topological polar surface area (TPSA) is 49.4 Å². The number of hydrogen-bond donors (Lipinski definition) is 1. The molecule has 1 rings (SSSR count). The molecule has 0 aromatic heterocycles. The highest BCUT2D eigenvalue weighted by molar-refractivity contribution is 9.10. The Labute approximate surface area is 128 Å². The third-order valence-corrected chi connectivity index (χ3v) is 3.24. The van der Waals surface area contributed by atoms with Gasteiger partial charge < -0.3 is 10.2 Å². The van der Waals surface area contributed by atoms with Crippen LogP contribution in [0, 0.1) is 5.92 Å². The molecular formula is C15H21BrN2O2. The Balaban J connectivity index is 2.57. The summed E-state index contributed by atoms with van der Waals surface area (Å²) in [6, 6.07) is 7.55. The molecule has 0 atom stereocenters. The van der Waals surface area contributed by atoms with E-state index in [4.69, 9.17) is 0 Å². The molecule has 0 saturated carbocycles. The van der Waals surface area contributed by atoms with Gasteiger partial charge in [-0.1, -0.05) is 35.8 Å².